The smallest absolute Gasteiger partial charge is 0.237 e. The summed E-state index contributed by atoms with van der Waals surface area (Å²) < 4.78 is 6.55. The van der Waals surface area contributed by atoms with Crippen molar-refractivity contribution in [2.75, 3.05) is 11.9 Å². The first-order valence-electron chi connectivity index (χ1n) is 5.85. The van der Waals surface area contributed by atoms with Gasteiger partial charge in [0.15, 0.2) is 0 Å². The fourth-order valence-corrected chi connectivity index (χ4v) is 2.07. The molecule has 0 bridgehead atoms. The van der Waals surface area contributed by atoms with Crippen molar-refractivity contribution in [3.05, 3.63) is 52.6 Å². The van der Waals surface area contributed by atoms with E-state index in [1.54, 1.807) is 6.20 Å². The van der Waals surface area contributed by atoms with E-state index in [-0.39, 0.29) is 0 Å². The molecule has 0 atom stereocenters. The molecule has 0 saturated carbocycles. The minimum atomic E-state index is 0.614. The van der Waals surface area contributed by atoms with E-state index in [9.17, 15) is 0 Å². The van der Waals surface area contributed by atoms with Crippen molar-refractivity contribution in [1.82, 2.24) is 4.98 Å². The molecule has 0 saturated heterocycles. The molecular formula is C14H15BrN2O. The van der Waals surface area contributed by atoms with Gasteiger partial charge in [0.25, 0.3) is 0 Å². The van der Waals surface area contributed by atoms with E-state index >= 15 is 0 Å². The largest absolute Gasteiger partial charge is 0.476 e. The highest BCUT2D eigenvalue weighted by Gasteiger charge is 2.03. The number of rotatable bonds is 5. The number of nitrogens with one attached hydrogen (secondary N) is 1. The van der Waals surface area contributed by atoms with E-state index in [4.69, 9.17) is 4.74 Å². The zero-order valence-electron chi connectivity index (χ0n) is 10.2. The van der Waals surface area contributed by atoms with Gasteiger partial charge in [-0.05, 0) is 36.8 Å². The van der Waals surface area contributed by atoms with Gasteiger partial charge in [-0.2, -0.15) is 0 Å². The van der Waals surface area contributed by atoms with Crippen molar-refractivity contribution in [1.29, 1.82) is 0 Å². The van der Waals surface area contributed by atoms with Gasteiger partial charge in [-0.25, -0.2) is 4.98 Å². The van der Waals surface area contributed by atoms with Crippen molar-refractivity contribution < 1.29 is 4.74 Å². The minimum Gasteiger partial charge on any atom is -0.476 e. The molecule has 2 aromatic rings. The molecule has 18 heavy (non-hydrogen) atoms. The van der Waals surface area contributed by atoms with Gasteiger partial charge in [0, 0.05) is 17.2 Å². The molecule has 94 valence electrons. The van der Waals surface area contributed by atoms with Gasteiger partial charge in [-0.3, -0.25) is 0 Å². The van der Waals surface area contributed by atoms with Crippen LogP contribution in [0.3, 0.4) is 0 Å². The first kappa shape index (κ1) is 12.9. The molecule has 1 aromatic heterocycles. The molecule has 0 fully saturated rings. The average Bonchev–Trinajstić information content (AvgIpc) is 2.38. The quantitative estimate of drug-likeness (QED) is 0.911. The molecule has 1 N–H and O–H groups in total. The van der Waals surface area contributed by atoms with Crippen LogP contribution in [-0.2, 0) is 6.54 Å². The third kappa shape index (κ3) is 3.47. The van der Waals surface area contributed by atoms with E-state index in [0.717, 1.165) is 16.7 Å². The van der Waals surface area contributed by atoms with E-state index < -0.39 is 0 Å². The van der Waals surface area contributed by atoms with Crippen molar-refractivity contribution >= 4 is 21.6 Å². The zero-order valence-corrected chi connectivity index (χ0v) is 11.8. The Balaban J connectivity index is 2.06. The number of aromatic nitrogens is 1. The van der Waals surface area contributed by atoms with Crippen LogP contribution < -0.4 is 10.1 Å². The van der Waals surface area contributed by atoms with Crippen molar-refractivity contribution in [3.8, 4) is 5.88 Å². The van der Waals surface area contributed by atoms with Crippen LogP contribution in [0.1, 0.15) is 12.5 Å². The summed E-state index contributed by atoms with van der Waals surface area (Å²) in [6.45, 7) is 3.31. The number of benzene rings is 1. The summed E-state index contributed by atoms with van der Waals surface area (Å²) in [5, 5.41) is 3.33. The molecule has 2 rings (SSSR count). The van der Waals surface area contributed by atoms with E-state index in [1.165, 1.54) is 5.56 Å². The van der Waals surface area contributed by atoms with Crippen LogP contribution in [0.25, 0.3) is 0 Å². The van der Waals surface area contributed by atoms with Crippen LogP contribution in [0.4, 0.5) is 5.69 Å². The predicted octanol–water partition coefficient (Wildman–Crippen LogP) is 3.85. The first-order valence-corrected chi connectivity index (χ1v) is 6.65. The van der Waals surface area contributed by atoms with Crippen LogP contribution in [0, 0.1) is 0 Å². The summed E-state index contributed by atoms with van der Waals surface area (Å²) in [5.41, 5.74) is 2.12. The second kappa shape index (κ2) is 6.40. The Kier molecular flexibility index (Phi) is 4.59. The topological polar surface area (TPSA) is 34.1 Å². The number of hydrogen-bond acceptors (Lipinski definition) is 3. The maximum Gasteiger partial charge on any atom is 0.237 e. The lowest BCUT2D eigenvalue weighted by Crippen LogP contribution is -2.03. The molecule has 0 radical (unpaired) electrons. The van der Waals surface area contributed by atoms with E-state index in [1.807, 2.05) is 31.2 Å². The third-order valence-corrected chi connectivity index (χ3v) is 2.92. The van der Waals surface area contributed by atoms with Gasteiger partial charge >= 0.3 is 0 Å². The fourth-order valence-electron chi connectivity index (χ4n) is 1.62. The SMILES string of the molecule is CCOc1ncccc1NCc1cccc(Br)c1. The average molecular weight is 307 g/mol. The highest BCUT2D eigenvalue weighted by atomic mass is 79.9. The third-order valence-electron chi connectivity index (χ3n) is 2.42. The zero-order chi connectivity index (χ0) is 12.8. The van der Waals surface area contributed by atoms with Crippen molar-refractivity contribution in [2.45, 2.75) is 13.5 Å². The summed E-state index contributed by atoms with van der Waals surface area (Å²) in [6.07, 6.45) is 1.73. The molecule has 1 aromatic carbocycles. The molecule has 0 spiro atoms. The number of pyridine rings is 1. The predicted molar refractivity (Wildman–Crippen MR) is 76.9 cm³/mol. The Bertz CT molecular complexity index is 517. The Morgan fingerprint density at radius 3 is 2.94 bits per heavy atom. The van der Waals surface area contributed by atoms with E-state index in [0.29, 0.717) is 12.5 Å². The lowest BCUT2D eigenvalue weighted by Gasteiger charge is -2.11. The Morgan fingerprint density at radius 2 is 2.17 bits per heavy atom. The molecule has 0 unspecified atom stereocenters. The van der Waals surface area contributed by atoms with Crippen LogP contribution in [0.2, 0.25) is 0 Å². The summed E-state index contributed by atoms with van der Waals surface area (Å²) >= 11 is 3.46. The fraction of sp³-hybridized carbons (Fsp3) is 0.214. The van der Waals surface area contributed by atoms with Gasteiger partial charge < -0.3 is 10.1 Å². The number of anilines is 1. The summed E-state index contributed by atoms with van der Waals surface area (Å²) in [5.74, 6) is 0.648. The van der Waals surface area contributed by atoms with Gasteiger partial charge in [0.2, 0.25) is 5.88 Å². The van der Waals surface area contributed by atoms with Crippen LogP contribution >= 0.6 is 15.9 Å². The molecule has 0 aliphatic heterocycles. The molecular weight excluding hydrogens is 292 g/mol. The standard InChI is InChI=1S/C14H15BrN2O/c1-2-18-14-13(7-4-8-16-14)17-10-11-5-3-6-12(15)9-11/h3-9,17H,2,10H2,1H3. The lowest BCUT2D eigenvalue weighted by molar-refractivity contribution is 0.328. The number of hydrogen-bond donors (Lipinski definition) is 1. The molecule has 0 amide bonds. The van der Waals surface area contributed by atoms with Crippen molar-refractivity contribution in [2.24, 2.45) is 0 Å². The number of halogens is 1. The highest BCUT2D eigenvalue weighted by Crippen LogP contribution is 2.21. The summed E-state index contributed by atoms with van der Waals surface area (Å²) in [4.78, 5) is 4.20. The normalized spacial score (nSPS) is 10.1. The van der Waals surface area contributed by atoms with Gasteiger partial charge in [-0.1, -0.05) is 28.1 Å². The van der Waals surface area contributed by atoms with Crippen LogP contribution in [0.5, 0.6) is 5.88 Å². The maximum absolute atomic E-state index is 5.47. The first-order chi connectivity index (χ1) is 8.79. The van der Waals surface area contributed by atoms with Crippen LogP contribution in [-0.4, -0.2) is 11.6 Å². The second-order valence-electron chi connectivity index (χ2n) is 3.77. The molecule has 3 nitrogen and oxygen atoms in total. The highest BCUT2D eigenvalue weighted by molar-refractivity contribution is 9.10. The monoisotopic (exact) mass is 306 g/mol. The molecule has 4 heteroatoms. The summed E-state index contributed by atoms with van der Waals surface area (Å²) in [7, 11) is 0. The molecule has 0 aliphatic carbocycles. The molecule has 0 aliphatic rings. The Hall–Kier alpha value is -1.55. The lowest BCUT2D eigenvalue weighted by atomic mass is 10.2. The minimum absolute atomic E-state index is 0.614. The van der Waals surface area contributed by atoms with Gasteiger partial charge in [0.1, 0.15) is 0 Å². The second-order valence-corrected chi connectivity index (χ2v) is 4.69. The number of nitrogens with zero attached hydrogens (tertiary/aromatic N) is 1. The Labute approximate surface area is 115 Å². The van der Waals surface area contributed by atoms with Crippen molar-refractivity contribution in [3.63, 3.8) is 0 Å². The van der Waals surface area contributed by atoms with Crippen LogP contribution in [0.15, 0.2) is 47.1 Å². The summed E-state index contributed by atoms with van der Waals surface area (Å²) in [6, 6.07) is 12.1. The molecule has 1 heterocycles. The van der Waals surface area contributed by atoms with Gasteiger partial charge in [0.05, 0.1) is 12.3 Å². The Morgan fingerprint density at radius 1 is 1.28 bits per heavy atom. The van der Waals surface area contributed by atoms with E-state index in [2.05, 4.69) is 38.4 Å². The number of ether oxygens (including phenoxy) is 1. The van der Waals surface area contributed by atoms with Gasteiger partial charge in [-0.15, -0.1) is 0 Å². The maximum atomic E-state index is 5.47.